The maximum atomic E-state index is 4.59. The van der Waals surface area contributed by atoms with E-state index in [1.54, 1.807) is 17.7 Å². The van der Waals surface area contributed by atoms with Crippen molar-refractivity contribution in [3.05, 3.63) is 41.2 Å². The lowest BCUT2D eigenvalue weighted by molar-refractivity contribution is 0.524. The number of benzene rings is 1. The first kappa shape index (κ1) is 15.3. The van der Waals surface area contributed by atoms with Crippen molar-refractivity contribution < 1.29 is 0 Å². The lowest BCUT2D eigenvalue weighted by Crippen LogP contribution is -2.39. The first-order valence-electron chi connectivity index (χ1n) is 8.34. The van der Waals surface area contributed by atoms with Gasteiger partial charge in [0.05, 0.1) is 11.2 Å². The molecule has 1 saturated heterocycles. The van der Waals surface area contributed by atoms with E-state index >= 15 is 0 Å². The molecule has 3 aromatic rings. The van der Waals surface area contributed by atoms with Gasteiger partial charge < -0.3 is 10.2 Å². The molecule has 0 aliphatic carbocycles. The Bertz CT molecular complexity index is 846. The molecule has 1 aromatic carbocycles. The minimum absolute atomic E-state index is 0.487. The van der Waals surface area contributed by atoms with Gasteiger partial charge in [-0.3, -0.25) is 0 Å². The zero-order valence-corrected chi connectivity index (χ0v) is 14.8. The van der Waals surface area contributed by atoms with E-state index in [1.165, 1.54) is 10.9 Å². The second-order valence-electron chi connectivity index (χ2n) is 6.37. The number of piperidine rings is 1. The summed E-state index contributed by atoms with van der Waals surface area (Å²) in [6.07, 6.45) is 3.87. The zero-order valence-electron chi connectivity index (χ0n) is 14.0. The second kappa shape index (κ2) is 6.36. The molecule has 0 atom stereocenters. The molecule has 24 heavy (non-hydrogen) atoms. The molecule has 0 spiro atoms. The molecule has 0 saturated carbocycles. The van der Waals surface area contributed by atoms with Gasteiger partial charge in [-0.05, 0) is 38.3 Å². The van der Waals surface area contributed by atoms with Crippen LogP contribution in [0.4, 0.5) is 10.9 Å². The molecular weight excluding hydrogens is 318 g/mol. The average molecular weight is 339 g/mol. The van der Waals surface area contributed by atoms with Crippen LogP contribution in [0.5, 0.6) is 0 Å². The van der Waals surface area contributed by atoms with E-state index in [-0.39, 0.29) is 0 Å². The molecular formula is C18H21N5S. The van der Waals surface area contributed by atoms with Crippen molar-refractivity contribution in [1.29, 1.82) is 0 Å². The summed E-state index contributed by atoms with van der Waals surface area (Å²) in [4.78, 5) is 15.9. The maximum absolute atomic E-state index is 4.59. The Kier molecular flexibility index (Phi) is 4.06. The fourth-order valence-corrected chi connectivity index (χ4v) is 4.10. The number of hydrogen-bond acceptors (Lipinski definition) is 6. The van der Waals surface area contributed by atoms with Crippen LogP contribution in [-0.4, -0.2) is 34.1 Å². The third kappa shape index (κ3) is 2.94. The van der Waals surface area contributed by atoms with E-state index in [9.17, 15) is 0 Å². The lowest BCUT2D eigenvalue weighted by Gasteiger charge is -2.33. The summed E-state index contributed by atoms with van der Waals surface area (Å²) in [5, 5.41) is 7.88. The normalized spacial score (nSPS) is 15.8. The van der Waals surface area contributed by atoms with Crippen molar-refractivity contribution in [3.63, 3.8) is 0 Å². The molecule has 5 nitrogen and oxygen atoms in total. The molecule has 124 valence electrons. The van der Waals surface area contributed by atoms with E-state index < -0.39 is 0 Å². The Morgan fingerprint density at radius 2 is 2.00 bits per heavy atom. The van der Waals surface area contributed by atoms with Crippen LogP contribution in [0.2, 0.25) is 0 Å². The largest absolute Gasteiger partial charge is 0.359 e. The van der Waals surface area contributed by atoms with Crippen molar-refractivity contribution in [3.8, 4) is 0 Å². The minimum atomic E-state index is 0.487. The van der Waals surface area contributed by atoms with Gasteiger partial charge in [0.2, 0.25) is 0 Å². The van der Waals surface area contributed by atoms with Gasteiger partial charge >= 0.3 is 0 Å². The van der Waals surface area contributed by atoms with Crippen LogP contribution in [-0.2, 0) is 0 Å². The number of fused-ring (bicyclic) bond motifs is 1. The first-order chi connectivity index (χ1) is 11.7. The number of hydrogen-bond donors (Lipinski definition) is 1. The van der Waals surface area contributed by atoms with Crippen LogP contribution >= 0.6 is 11.3 Å². The molecule has 3 heterocycles. The average Bonchev–Trinajstić information content (AvgIpc) is 3.00. The van der Waals surface area contributed by atoms with Gasteiger partial charge in [-0.2, -0.15) is 0 Å². The Balaban J connectivity index is 1.50. The van der Waals surface area contributed by atoms with Gasteiger partial charge in [0, 0.05) is 29.9 Å². The van der Waals surface area contributed by atoms with Gasteiger partial charge in [-0.1, -0.05) is 12.1 Å². The van der Waals surface area contributed by atoms with Crippen LogP contribution in [0, 0.1) is 13.8 Å². The number of anilines is 2. The number of thiazole rings is 1. The Hall–Kier alpha value is -2.21. The molecule has 1 aliphatic heterocycles. The SMILES string of the molecule is Cc1csc(NC2CCN(c3ncnc4cccc(C)c34)CC2)n1. The molecule has 6 heteroatoms. The smallest absolute Gasteiger partial charge is 0.183 e. The molecule has 0 radical (unpaired) electrons. The molecule has 1 N–H and O–H groups in total. The minimum Gasteiger partial charge on any atom is -0.359 e. The molecule has 1 fully saturated rings. The van der Waals surface area contributed by atoms with Crippen molar-refractivity contribution in [2.24, 2.45) is 0 Å². The summed E-state index contributed by atoms with van der Waals surface area (Å²) in [6, 6.07) is 6.74. The Morgan fingerprint density at radius 1 is 1.17 bits per heavy atom. The number of rotatable bonds is 3. The van der Waals surface area contributed by atoms with Gasteiger partial charge in [0.15, 0.2) is 5.13 Å². The third-order valence-electron chi connectivity index (χ3n) is 4.59. The summed E-state index contributed by atoms with van der Waals surface area (Å²) in [6.45, 7) is 6.17. The van der Waals surface area contributed by atoms with Gasteiger partial charge in [0.1, 0.15) is 12.1 Å². The molecule has 0 bridgehead atoms. The van der Waals surface area contributed by atoms with E-state index in [0.29, 0.717) is 6.04 Å². The monoisotopic (exact) mass is 339 g/mol. The zero-order chi connectivity index (χ0) is 16.5. The van der Waals surface area contributed by atoms with Gasteiger partial charge in [-0.15, -0.1) is 11.3 Å². The van der Waals surface area contributed by atoms with Crippen LogP contribution in [0.25, 0.3) is 10.9 Å². The number of aryl methyl sites for hydroxylation is 2. The molecule has 1 aliphatic rings. The van der Waals surface area contributed by atoms with Crippen LogP contribution in [0.3, 0.4) is 0 Å². The summed E-state index contributed by atoms with van der Waals surface area (Å²) in [5.74, 6) is 1.07. The summed E-state index contributed by atoms with van der Waals surface area (Å²) >= 11 is 1.69. The number of nitrogens with one attached hydrogen (secondary N) is 1. The highest BCUT2D eigenvalue weighted by atomic mass is 32.1. The highest BCUT2D eigenvalue weighted by molar-refractivity contribution is 7.13. The molecule has 0 amide bonds. The fourth-order valence-electron chi connectivity index (χ4n) is 3.33. The fraction of sp³-hybridized carbons (Fsp3) is 0.389. The second-order valence-corrected chi connectivity index (χ2v) is 7.22. The molecule has 2 aromatic heterocycles. The topological polar surface area (TPSA) is 53.9 Å². The van der Waals surface area contributed by atoms with Gasteiger partial charge in [-0.25, -0.2) is 15.0 Å². The molecule has 4 rings (SSSR count). The van der Waals surface area contributed by atoms with Crippen LogP contribution in [0.1, 0.15) is 24.1 Å². The van der Waals surface area contributed by atoms with Crippen molar-refractivity contribution in [2.45, 2.75) is 32.7 Å². The van der Waals surface area contributed by atoms with Crippen molar-refractivity contribution in [1.82, 2.24) is 15.0 Å². The van der Waals surface area contributed by atoms with E-state index in [1.807, 2.05) is 6.92 Å². The maximum Gasteiger partial charge on any atom is 0.183 e. The van der Waals surface area contributed by atoms with Crippen molar-refractivity contribution >= 4 is 33.2 Å². The van der Waals surface area contributed by atoms with E-state index in [0.717, 1.165) is 48.1 Å². The highest BCUT2D eigenvalue weighted by Crippen LogP contribution is 2.29. The standard InChI is InChI=1S/C18H21N5S/c1-12-4-3-5-15-16(12)17(20-11-19-15)23-8-6-14(7-9-23)22-18-21-13(2)10-24-18/h3-5,10-11,14H,6-9H2,1-2H3,(H,21,22). The predicted octanol–water partition coefficient (Wildman–Crippen LogP) is 3.78. The van der Waals surface area contributed by atoms with Crippen LogP contribution < -0.4 is 10.2 Å². The quantitative estimate of drug-likeness (QED) is 0.787. The Labute approximate surface area is 145 Å². The molecule has 0 unspecified atom stereocenters. The van der Waals surface area contributed by atoms with E-state index in [4.69, 9.17) is 0 Å². The van der Waals surface area contributed by atoms with E-state index in [2.05, 4.69) is 55.7 Å². The van der Waals surface area contributed by atoms with Gasteiger partial charge in [0.25, 0.3) is 0 Å². The summed E-state index contributed by atoms with van der Waals surface area (Å²) in [5.41, 5.74) is 3.35. The summed E-state index contributed by atoms with van der Waals surface area (Å²) < 4.78 is 0. The lowest BCUT2D eigenvalue weighted by atomic mass is 10.0. The number of nitrogens with zero attached hydrogens (tertiary/aromatic N) is 4. The van der Waals surface area contributed by atoms with Crippen molar-refractivity contribution in [2.75, 3.05) is 23.3 Å². The third-order valence-corrected chi connectivity index (χ3v) is 5.48. The highest BCUT2D eigenvalue weighted by Gasteiger charge is 2.22. The number of aromatic nitrogens is 3. The van der Waals surface area contributed by atoms with Crippen LogP contribution in [0.15, 0.2) is 29.9 Å². The predicted molar refractivity (Wildman–Crippen MR) is 100.0 cm³/mol. The Morgan fingerprint density at radius 3 is 2.75 bits per heavy atom. The summed E-state index contributed by atoms with van der Waals surface area (Å²) in [7, 11) is 0. The first-order valence-corrected chi connectivity index (χ1v) is 9.22.